The molecule has 1 spiro atoms. The van der Waals surface area contributed by atoms with E-state index >= 15 is 0 Å². The van der Waals surface area contributed by atoms with Crippen LogP contribution in [0.4, 0.5) is 11.5 Å². The zero-order chi connectivity index (χ0) is 18.1. The monoisotopic (exact) mass is 350 g/mol. The van der Waals surface area contributed by atoms with Gasteiger partial charge in [-0.25, -0.2) is 4.98 Å². The molecule has 1 aromatic heterocycles. The molecule has 0 bridgehead atoms. The van der Waals surface area contributed by atoms with E-state index in [9.17, 15) is 4.79 Å². The van der Waals surface area contributed by atoms with Crippen LogP contribution in [-0.4, -0.2) is 34.4 Å². The maximum absolute atomic E-state index is 13.6. The number of nitrogen functional groups attached to an aromatic ring is 1. The van der Waals surface area contributed by atoms with Gasteiger partial charge in [0.25, 0.3) is 0 Å². The van der Waals surface area contributed by atoms with Crippen molar-refractivity contribution in [2.45, 2.75) is 44.7 Å². The highest BCUT2D eigenvalue weighted by molar-refractivity contribution is 6.01. The fourth-order valence-corrected chi connectivity index (χ4v) is 4.44. The number of anilines is 2. The van der Waals surface area contributed by atoms with E-state index in [-0.39, 0.29) is 5.91 Å². The topological polar surface area (TPSA) is 62.5 Å². The molecule has 3 heterocycles. The highest BCUT2D eigenvalue weighted by Gasteiger charge is 2.51. The number of carbonyl (C=O) groups excluding carboxylic acids is 1. The smallest absolute Gasteiger partial charge is 0.247 e. The molecule has 0 saturated carbocycles. The molecule has 2 N–H and O–H groups in total. The average Bonchev–Trinajstić information content (AvgIpc) is 3.04. The van der Waals surface area contributed by atoms with E-state index in [0.29, 0.717) is 12.4 Å². The number of rotatable bonds is 3. The van der Waals surface area contributed by atoms with Crippen LogP contribution in [0, 0.1) is 6.92 Å². The van der Waals surface area contributed by atoms with Gasteiger partial charge in [0, 0.05) is 30.5 Å². The third-order valence-corrected chi connectivity index (χ3v) is 5.87. The van der Waals surface area contributed by atoms with Crippen LogP contribution in [-0.2, 0) is 11.3 Å². The highest BCUT2D eigenvalue weighted by atomic mass is 16.2. The second-order valence-electron chi connectivity index (χ2n) is 7.50. The Morgan fingerprint density at radius 1 is 1.12 bits per heavy atom. The molecule has 1 atom stereocenters. The molecule has 0 radical (unpaired) electrons. The first-order valence-corrected chi connectivity index (χ1v) is 9.43. The van der Waals surface area contributed by atoms with Gasteiger partial charge in [-0.3, -0.25) is 9.69 Å². The molecule has 136 valence electrons. The molecule has 26 heavy (non-hydrogen) atoms. The molecular formula is C21H26N4O. The Hall–Kier alpha value is -2.40. The minimum atomic E-state index is -0.397. The summed E-state index contributed by atoms with van der Waals surface area (Å²) in [6, 6.07) is 12.2. The number of aryl methyl sites for hydroxylation is 1. The number of nitrogens with zero attached hydrogens (tertiary/aromatic N) is 3. The van der Waals surface area contributed by atoms with Crippen molar-refractivity contribution in [1.82, 2.24) is 9.88 Å². The number of carbonyl (C=O) groups is 1. The summed E-state index contributed by atoms with van der Waals surface area (Å²) in [6.07, 6.45) is 5.64. The van der Waals surface area contributed by atoms with E-state index in [1.54, 1.807) is 6.20 Å². The Kier molecular flexibility index (Phi) is 4.41. The van der Waals surface area contributed by atoms with Crippen LogP contribution < -0.4 is 10.6 Å². The average molecular weight is 350 g/mol. The number of hydrogen-bond acceptors (Lipinski definition) is 4. The summed E-state index contributed by atoms with van der Waals surface area (Å²) in [5, 5.41) is 0. The van der Waals surface area contributed by atoms with Gasteiger partial charge in [-0.2, -0.15) is 0 Å². The van der Waals surface area contributed by atoms with Crippen LogP contribution in [0.1, 0.15) is 36.8 Å². The lowest BCUT2D eigenvalue weighted by molar-refractivity contribution is -0.131. The minimum Gasteiger partial charge on any atom is -0.383 e. The molecule has 2 aliphatic heterocycles. The molecule has 2 saturated heterocycles. The van der Waals surface area contributed by atoms with E-state index in [0.717, 1.165) is 50.0 Å². The van der Waals surface area contributed by atoms with Crippen LogP contribution in [0.25, 0.3) is 0 Å². The summed E-state index contributed by atoms with van der Waals surface area (Å²) >= 11 is 0. The lowest BCUT2D eigenvalue weighted by atomic mass is 9.84. The standard InChI is InChI=1S/C21H26N4O/c1-16-6-8-18(9-7-16)25-14-4-11-21(20(25)26)10-3-13-24(21)15-17-5-2-12-23-19(17)22/h2,5-9,12H,3-4,10-11,13-15H2,1H3,(H2,22,23). The number of hydrogen-bond donors (Lipinski definition) is 1. The first-order valence-electron chi connectivity index (χ1n) is 9.43. The fourth-order valence-electron chi connectivity index (χ4n) is 4.44. The Labute approximate surface area is 154 Å². The predicted octanol–water partition coefficient (Wildman–Crippen LogP) is 3.13. The second-order valence-corrected chi connectivity index (χ2v) is 7.50. The zero-order valence-corrected chi connectivity index (χ0v) is 15.3. The summed E-state index contributed by atoms with van der Waals surface area (Å²) < 4.78 is 0. The number of piperidine rings is 1. The third kappa shape index (κ3) is 2.86. The van der Waals surface area contributed by atoms with Gasteiger partial charge in [0.2, 0.25) is 5.91 Å². The van der Waals surface area contributed by atoms with Crippen LogP contribution >= 0.6 is 0 Å². The van der Waals surface area contributed by atoms with Crippen LogP contribution in [0.3, 0.4) is 0 Å². The summed E-state index contributed by atoms with van der Waals surface area (Å²) in [4.78, 5) is 22.1. The van der Waals surface area contributed by atoms with Gasteiger partial charge in [-0.05, 0) is 57.4 Å². The Morgan fingerprint density at radius 3 is 2.58 bits per heavy atom. The molecule has 1 aromatic carbocycles. The second kappa shape index (κ2) is 6.72. The quantitative estimate of drug-likeness (QED) is 0.924. The maximum atomic E-state index is 13.6. The van der Waals surface area contributed by atoms with Crippen molar-refractivity contribution in [1.29, 1.82) is 0 Å². The summed E-state index contributed by atoms with van der Waals surface area (Å²) in [7, 11) is 0. The van der Waals surface area contributed by atoms with Crippen molar-refractivity contribution >= 4 is 17.4 Å². The van der Waals surface area contributed by atoms with E-state index in [4.69, 9.17) is 5.73 Å². The highest BCUT2D eigenvalue weighted by Crippen LogP contribution is 2.40. The molecule has 2 fully saturated rings. The van der Waals surface area contributed by atoms with Gasteiger partial charge in [-0.1, -0.05) is 23.8 Å². The lowest BCUT2D eigenvalue weighted by Gasteiger charge is -2.44. The van der Waals surface area contributed by atoms with Crippen molar-refractivity contribution in [3.63, 3.8) is 0 Å². The van der Waals surface area contributed by atoms with Crippen molar-refractivity contribution < 1.29 is 4.79 Å². The van der Waals surface area contributed by atoms with Gasteiger partial charge in [0.05, 0.1) is 0 Å². The van der Waals surface area contributed by atoms with Crippen LogP contribution in [0.5, 0.6) is 0 Å². The summed E-state index contributed by atoms with van der Waals surface area (Å²) in [5.41, 5.74) is 8.88. The number of nitrogens with two attached hydrogens (primary N) is 1. The van der Waals surface area contributed by atoms with Gasteiger partial charge in [0.15, 0.2) is 0 Å². The maximum Gasteiger partial charge on any atom is 0.247 e. The number of likely N-dealkylation sites (tertiary alicyclic amines) is 1. The van der Waals surface area contributed by atoms with Crippen molar-refractivity contribution in [2.24, 2.45) is 0 Å². The first-order chi connectivity index (χ1) is 12.6. The van der Waals surface area contributed by atoms with Crippen molar-refractivity contribution in [3.8, 4) is 0 Å². The number of amides is 1. The Morgan fingerprint density at radius 2 is 1.85 bits per heavy atom. The SMILES string of the molecule is Cc1ccc(N2CCCC3(CCCN3Cc3cccnc3N)C2=O)cc1. The van der Waals surface area contributed by atoms with Crippen molar-refractivity contribution in [3.05, 3.63) is 53.7 Å². The summed E-state index contributed by atoms with van der Waals surface area (Å²) in [6.45, 7) is 4.49. The normalized spacial score (nSPS) is 23.7. The van der Waals surface area contributed by atoms with Gasteiger partial charge in [0.1, 0.15) is 11.4 Å². The zero-order valence-electron chi connectivity index (χ0n) is 15.3. The molecule has 2 aromatic rings. The minimum absolute atomic E-state index is 0.243. The Balaban J connectivity index is 1.62. The van der Waals surface area contributed by atoms with E-state index < -0.39 is 5.54 Å². The predicted molar refractivity (Wildman–Crippen MR) is 104 cm³/mol. The molecule has 4 rings (SSSR count). The van der Waals surface area contributed by atoms with E-state index in [2.05, 4.69) is 41.1 Å². The van der Waals surface area contributed by atoms with Gasteiger partial charge >= 0.3 is 0 Å². The van der Waals surface area contributed by atoms with Gasteiger partial charge < -0.3 is 10.6 Å². The number of pyridine rings is 1. The molecule has 5 heteroatoms. The molecule has 1 unspecified atom stereocenters. The Bertz CT molecular complexity index is 804. The van der Waals surface area contributed by atoms with E-state index in [1.807, 2.05) is 17.0 Å². The van der Waals surface area contributed by atoms with Crippen LogP contribution in [0.2, 0.25) is 0 Å². The van der Waals surface area contributed by atoms with Gasteiger partial charge in [-0.15, -0.1) is 0 Å². The van der Waals surface area contributed by atoms with Crippen LogP contribution in [0.15, 0.2) is 42.6 Å². The number of benzene rings is 1. The molecular weight excluding hydrogens is 324 g/mol. The number of aromatic nitrogens is 1. The molecule has 2 aliphatic rings. The molecule has 5 nitrogen and oxygen atoms in total. The molecule has 0 aliphatic carbocycles. The summed E-state index contributed by atoms with van der Waals surface area (Å²) in [5.74, 6) is 0.806. The largest absolute Gasteiger partial charge is 0.383 e. The first kappa shape index (κ1) is 17.0. The lowest BCUT2D eigenvalue weighted by Crippen LogP contribution is -2.60. The molecule has 1 amide bonds. The fraction of sp³-hybridized carbons (Fsp3) is 0.429. The third-order valence-electron chi connectivity index (χ3n) is 5.87. The van der Waals surface area contributed by atoms with Crippen molar-refractivity contribution in [2.75, 3.05) is 23.7 Å². The van der Waals surface area contributed by atoms with E-state index in [1.165, 1.54) is 5.56 Å².